The summed E-state index contributed by atoms with van der Waals surface area (Å²) in [6.45, 7) is 7.38. The van der Waals surface area contributed by atoms with Gasteiger partial charge >= 0.3 is 0 Å². The van der Waals surface area contributed by atoms with Crippen molar-refractivity contribution < 1.29 is 4.42 Å². The monoisotopic (exact) mass is 237 g/mol. The summed E-state index contributed by atoms with van der Waals surface area (Å²) in [6.07, 6.45) is 0.969. The molecule has 1 aromatic heterocycles. The van der Waals surface area contributed by atoms with Crippen molar-refractivity contribution in [3.63, 3.8) is 0 Å². The molecule has 1 atom stereocenters. The lowest BCUT2D eigenvalue weighted by atomic mass is 10.2. The zero-order valence-corrected chi connectivity index (χ0v) is 10.8. The van der Waals surface area contributed by atoms with Gasteiger partial charge < -0.3 is 20.0 Å². The molecule has 0 bridgehead atoms. The SMILES string of the molecule is Cc1ccc(CCNCC2CN(C)CCN2)o1. The van der Waals surface area contributed by atoms with Crippen molar-refractivity contribution in [2.75, 3.05) is 39.8 Å². The van der Waals surface area contributed by atoms with Crippen molar-refractivity contribution in [3.8, 4) is 0 Å². The first-order chi connectivity index (χ1) is 8.24. The number of piperazine rings is 1. The zero-order valence-electron chi connectivity index (χ0n) is 10.8. The summed E-state index contributed by atoms with van der Waals surface area (Å²) >= 11 is 0. The van der Waals surface area contributed by atoms with E-state index in [0.717, 1.165) is 50.7 Å². The zero-order chi connectivity index (χ0) is 12.1. The molecule has 1 unspecified atom stereocenters. The van der Waals surface area contributed by atoms with Gasteiger partial charge in [-0.15, -0.1) is 0 Å². The number of aryl methyl sites for hydroxylation is 1. The van der Waals surface area contributed by atoms with Crippen LogP contribution < -0.4 is 10.6 Å². The van der Waals surface area contributed by atoms with Crippen LogP contribution in [0.4, 0.5) is 0 Å². The highest BCUT2D eigenvalue weighted by Crippen LogP contribution is 2.06. The van der Waals surface area contributed by atoms with E-state index in [0.29, 0.717) is 6.04 Å². The van der Waals surface area contributed by atoms with Crippen molar-refractivity contribution in [1.82, 2.24) is 15.5 Å². The van der Waals surface area contributed by atoms with Gasteiger partial charge in [0.05, 0.1) is 0 Å². The first-order valence-corrected chi connectivity index (χ1v) is 6.42. The second-order valence-electron chi connectivity index (χ2n) is 4.88. The molecular weight excluding hydrogens is 214 g/mol. The quantitative estimate of drug-likeness (QED) is 0.737. The van der Waals surface area contributed by atoms with Gasteiger partial charge in [-0.3, -0.25) is 0 Å². The first kappa shape index (κ1) is 12.6. The summed E-state index contributed by atoms with van der Waals surface area (Å²) in [5, 5.41) is 7.01. The molecular formula is C13H23N3O. The van der Waals surface area contributed by atoms with Crippen molar-refractivity contribution in [2.45, 2.75) is 19.4 Å². The largest absolute Gasteiger partial charge is 0.466 e. The Labute approximate surface area is 103 Å². The maximum Gasteiger partial charge on any atom is 0.105 e. The van der Waals surface area contributed by atoms with E-state index in [-0.39, 0.29) is 0 Å². The minimum Gasteiger partial charge on any atom is -0.466 e. The summed E-state index contributed by atoms with van der Waals surface area (Å²) in [5.41, 5.74) is 0. The Kier molecular flexibility index (Phi) is 4.59. The molecule has 2 N–H and O–H groups in total. The van der Waals surface area contributed by atoms with Crippen molar-refractivity contribution in [3.05, 3.63) is 23.7 Å². The van der Waals surface area contributed by atoms with Crippen LogP contribution in [0.1, 0.15) is 11.5 Å². The Morgan fingerprint density at radius 3 is 3.12 bits per heavy atom. The van der Waals surface area contributed by atoms with Gasteiger partial charge in [-0.2, -0.15) is 0 Å². The van der Waals surface area contributed by atoms with E-state index in [2.05, 4.69) is 28.6 Å². The van der Waals surface area contributed by atoms with E-state index in [1.54, 1.807) is 0 Å². The summed E-state index contributed by atoms with van der Waals surface area (Å²) < 4.78 is 5.53. The van der Waals surface area contributed by atoms with E-state index in [1.807, 2.05) is 13.0 Å². The Balaban J connectivity index is 1.59. The average Bonchev–Trinajstić information content (AvgIpc) is 2.71. The summed E-state index contributed by atoms with van der Waals surface area (Å²) in [5.74, 6) is 2.07. The van der Waals surface area contributed by atoms with Gasteiger partial charge in [-0.05, 0) is 26.1 Å². The maximum atomic E-state index is 5.53. The fraction of sp³-hybridized carbons (Fsp3) is 0.692. The van der Waals surface area contributed by atoms with Crippen LogP contribution >= 0.6 is 0 Å². The van der Waals surface area contributed by atoms with Gasteiger partial charge in [0.15, 0.2) is 0 Å². The molecule has 1 saturated heterocycles. The minimum atomic E-state index is 0.576. The van der Waals surface area contributed by atoms with Crippen molar-refractivity contribution in [1.29, 1.82) is 0 Å². The van der Waals surface area contributed by atoms with Crippen LogP contribution in [0, 0.1) is 6.92 Å². The predicted molar refractivity (Wildman–Crippen MR) is 69.3 cm³/mol. The van der Waals surface area contributed by atoms with Crippen LogP contribution in [-0.2, 0) is 6.42 Å². The van der Waals surface area contributed by atoms with E-state index in [9.17, 15) is 0 Å². The molecule has 0 radical (unpaired) electrons. The molecule has 2 heterocycles. The number of furan rings is 1. The van der Waals surface area contributed by atoms with Gasteiger partial charge in [0, 0.05) is 45.2 Å². The molecule has 0 amide bonds. The summed E-state index contributed by atoms with van der Waals surface area (Å²) in [7, 11) is 2.18. The Bertz CT molecular complexity index is 337. The lowest BCUT2D eigenvalue weighted by molar-refractivity contribution is 0.235. The number of likely N-dealkylation sites (N-methyl/N-ethyl adjacent to an activating group) is 1. The Morgan fingerprint density at radius 1 is 1.53 bits per heavy atom. The van der Waals surface area contributed by atoms with Crippen LogP contribution in [-0.4, -0.2) is 50.7 Å². The van der Waals surface area contributed by atoms with Gasteiger partial charge in [0.2, 0.25) is 0 Å². The fourth-order valence-corrected chi connectivity index (χ4v) is 2.24. The van der Waals surface area contributed by atoms with E-state index < -0.39 is 0 Å². The molecule has 0 aromatic carbocycles. The topological polar surface area (TPSA) is 40.4 Å². The second-order valence-corrected chi connectivity index (χ2v) is 4.88. The highest BCUT2D eigenvalue weighted by molar-refractivity contribution is 5.05. The van der Waals surface area contributed by atoms with Crippen molar-refractivity contribution in [2.24, 2.45) is 0 Å². The van der Waals surface area contributed by atoms with Crippen LogP contribution in [0.2, 0.25) is 0 Å². The third kappa shape index (κ3) is 4.15. The Morgan fingerprint density at radius 2 is 2.41 bits per heavy atom. The second kappa shape index (κ2) is 6.19. The standard InChI is InChI=1S/C13H23N3O/c1-11-3-4-13(17-11)5-6-14-9-12-10-16(2)8-7-15-12/h3-4,12,14-15H,5-10H2,1-2H3. The minimum absolute atomic E-state index is 0.576. The van der Waals surface area contributed by atoms with E-state index in [1.165, 1.54) is 0 Å². The molecule has 4 heteroatoms. The van der Waals surface area contributed by atoms with E-state index in [4.69, 9.17) is 4.42 Å². The lowest BCUT2D eigenvalue weighted by Crippen LogP contribution is -2.53. The third-order valence-corrected chi connectivity index (χ3v) is 3.19. The van der Waals surface area contributed by atoms with Crippen LogP contribution in [0.15, 0.2) is 16.5 Å². The third-order valence-electron chi connectivity index (χ3n) is 3.19. The highest BCUT2D eigenvalue weighted by Gasteiger charge is 2.15. The van der Waals surface area contributed by atoms with Crippen LogP contribution in [0.25, 0.3) is 0 Å². The molecule has 1 aliphatic heterocycles. The molecule has 4 nitrogen and oxygen atoms in total. The molecule has 0 spiro atoms. The van der Waals surface area contributed by atoms with Gasteiger partial charge in [-0.25, -0.2) is 0 Å². The first-order valence-electron chi connectivity index (χ1n) is 6.42. The maximum absolute atomic E-state index is 5.53. The molecule has 2 rings (SSSR count). The van der Waals surface area contributed by atoms with E-state index >= 15 is 0 Å². The molecule has 1 aliphatic rings. The lowest BCUT2D eigenvalue weighted by Gasteiger charge is -2.31. The summed E-state index contributed by atoms with van der Waals surface area (Å²) in [4.78, 5) is 2.37. The molecule has 1 fully saturated rings. The molecule has 0 saturated carbocycles. The smallest absolute Gasteiger partial charge is 0.105 e. The van der Waals surface area contributed by atoms with Gasteiger partial charge in [0.25, 0.3) is 0 Å². The normalized spacial score (nSPS) is 21.9. The number of hydrogen-bond donors (Lipinski definition) is 2. The molecule has 0 aliphatic carbocycles. The predicted octanol–water partition coefficient (Wildman–Crippen LogP) is 0.624. The summed E-state index contributed by atoms with van der Waals surface area (Å²) in [6, 6.07) is 4.66. The number of rotatable bonds is 5. The number of hydrogen-bond acceptors (Lipinski definition) is 4. The van der Waals surface area contributed by atoms with Gasteiger partial charge in [-0.1, -0.05) is 0 Å². The van der Waals surface area contributed by atoms with Gasteiger partial charge in [0.1, 0.15) is 11.5 Å². The average molecular weight is 237 g/mol. The van der Waals surface area contributed by atoms with Crippen molar-refractivity contribution >= 4 is 0 Å². The highest BCUT2D eigenvalue weighted by atomic mass is 16.3. The number of nitrogens with zero attached hydrogens (tertiary/aromatic N) is 1. The Hall–Kier alpha value is -0.840. The molecule has 1 aromatic rings. The van der Waals surface area contributed by atoms with Crippen LogP contribution in [0.5, 0.6) is 0 Å². The molecule has 17 heavy (non-hydrogen) atoms. The van der Waals surface area contributed by atoms with Crippen LogP contribution in [0.3, 0.4) is 0 Å². The molecule has 96 valence electrons. The fourth-order valence-electron chi connectivity index (χ4n) is 2.24. The number of nitrogens with one attached hydrogen (secondary N) is 2.